The zero-order valence-corrected chi connectivity index (χ0v) is 11.4. The standard InChI is InChI=1S/C14H24N2O2/c1-3-4-9-17-10-7-15-8-11-18-14-6-5-13(2)16-12-14/h5-6,12,15H,3-4,7-11H2,1-2H3. The Bertz CT molecular complexity index is 301. The summed E-state index contributed by atoms with van der Waals surface area (Å²) in [5.41, 5.74) is 1.00. The van der Waals surface area contributed by atoms with Crippen LogP contribution in [0.15, 0.2) is 18.3 Å². The Morgan fingerprint density at radius 3 is 2.72 bits per heavy atom. The normalized spacial score (nSPS) is 10.6. The van der Waals surface area contributed by atoms with E-state index in [9.17, 15) is 0 Å². The molecule has 18 heavy (non-hydrogen) atoms. The summed E-state index contributed by atoms with van der Waals surface area (Å²) in [6.07, 6.45) is 4.08. The first kappa shape index (κ1) is 14.9. The van der Waals surface area contributed by atoms with Crippen LogP contribution in [-0.2, 0) is 4.74 Å². The molecule has 102 valence electrons. The van der Waals surface area contributed by atoms with Crippen molar-refractivity contribution >= 4 is 0 Å². The first-order valence-electron chi connectivity index (χ1n) is 6.67. The van der Waals surface area contributed by atoms with Crippen molar-refractivity contribution < 1.29 is 9.47 Å². The number of unbranched alkanes of at least 4 members (excludes halogenated alkanes) is 1. The molecule has 0 atom stereocenters. The number of pyridine rings is 1. The molecule has 0 bridgehead atoms. The van der Waals surface area contributed by atoms with E-state index in [2.05, 4.69) is 17.2 Å². The number of nitrogens with one attached hydrogen (secondary N) is 1. The summed E-state index contributed by atoms with van der Waals surface area (Å²) >= 11 is 0. The van der Waals surface area contributed by atoms with E-state index in [1.54, 1.807) is 6.20 Å². The monoisotopic (exact) mass is 252 g/mol. The summed E-state index contributed by atoms with van der Waals surface area (Å²) in [6.45, 7) is 8.11. The predicted molar refractivity (Wildman–Crippen MR) is 73.1 cm³/mol. The maximum Gasteiger partial charge on any atom is 0.137 e. The van der Waals surface area contributed by atoms with Gasteiger partial charge in [-0.1, -0.05) is 13.3 Å². The van der Waals surface area contributed by atoms with E-state index >= 15 is 0 Å². The minimum Gasteiger partial charge on any atom is -0.491 e. The van der Waals surface area contributed by atoms with Crippen LogP contribution < -0.4 is 10.1 Å². The molecule has 0 unspecified atom stereocenters. The van der Waals surface area contributed by atoms with Crippen LogP contribution in [-0.4, -0.2) is 37.9 Å². The summed E-state index contributed by atoms with van der Waals surface area (Å²) in [5, 5.41) is 3.27. The molecule has 0 aliphatic heterocycles. The molecule has 1 N–H and O–H groups in total. The van der Waals surface area contributed by atoms with Gasteiger partial charge in [0.2, 0.25) is 0 Å². The lowest BCUT2D eigenvalue weighted by Crippen LogP contribution is -2.25. The van der Waals surface area contributed by atoms with Gasteiger partial charge in [-0.2, -0.15) is 0 Å². The maximum atomic E-state index is 5.54. The third-order valence-electron chi connectivity index (χ3n) is 2.50. The SMILES string of the molecule is CCCCOCCNCCOc1ccc(C)nc1. The minimum absolute atomic E-state index is 0.652. The third-order valence-corrected chi connectivity index (χ3v) is 2.50. The zero-order valence-electron chi connectivity index (χ0n) is 11.4. The lowest BCUT2D eigenvalue weighted by molar-refractivity contribution is 0.132. The number of aromatic nitrogens is 1. The quantitative estimate of drug-likeness (QED) is 0.648. The van der Waals surface area contributed by atoms with E-state index in [4.69, 9.17) is 9.47 Å². The Morgan fingerprint density at radius 2 is 2.00 bits per heavy atom. The molecule has 0 saturated carbocycles. The molecule has 0 radical (unpaired) electrons. The summed E-state index contributed by atoms with van der Waals surface area (Å²) in [7, 11) is 0. The molecule has 0 aromatic carbocycles. The third kappa shape index (κ3) is 7.25. The first-order valence-corrected chi connectivity index (χ1v) is 6.67. The van der Waals surface area contributed by atoms with Crippen molar-refractivity contribution in [3.63, 3.8) is 0 Å². The number of rotatable bonds is 10. The van der Waals surface area contributed by atoms with Crippen LogP contribution in [0.3, 0.4) is 0 Å². The van der Waals surface area contributed by atoms with Gasteiger partial charge in [0.25, 0.3) is 0 Å². The van der Waals surface area contributed by atoms with E-state index in [1.165, 1.54) is 6.42 Å². The zero-order chi connectivity index (χ0) is 13.1. The smallest absolute Gasteiger partial charge is 0.137 e. The van der Waals surface area contributed by atoms with Crippen molar-refractivity contribution in [3.05, 3.63) is 24.0 Å². The molecule has 1 aromatic rings. The fraction of sp³-hybridized carbons (Fsp3) is 0.643. The van der Waals surface area contributed by atoms with Crippen molar-refractivity contribution in [3.8, 4) is 5.75 Å². The Hall–Kier alpha value is -1.13. The van der Waals surface area contributed by atoms with E-state index < -0.39 is 0 Å². The maximum absolute atomic E-state index is 5.54. The minimum atomic E-state index is 0.652. The fourth-order valence-electron chi connectivity index (χ4n) is 1.40. The first-order chi connectivity index (χ1) is 8.83. The van der Waals surface area contributed by atoms with Gasteiger partial charge in [-0.15, -0.1) is 0 Å². The number of ether oxygens (including phenoxy) is 2. The van der Waals surface area contributed by atoms with E-state index in [0.29, 0.717) is 6.61 Å². The van der Waals surface area contributed by atoms with Gasteiger partial charge in [0.05, 0.1) is 12.8 Å². The molecule has 4 nitrogen and oxygen atoms in total. The second-order valence-corrected chi connectivity index (χ2v) is 4.20. The number of nitrogens with zero attached hydrogens (tertiary/aromatic N) is 1. The highest BCUT2D eigenvalue weighted by Crippen LogP contribution is 2.07. The average Bonchev–Trinajstić information content (AvgIpc) is 2.39. The number of hydrogen-bond donors (Lipinski definition) is 1. The molecule has 0 spiro atoms. The Kier molecular flexibility index (Phi) is 8.17. The van der Waals surface area contributed by atoms with Gasteiger partial charge in [0, 0.05) is 25.4 Å². The summed E-state index contributed by atoms with van der Waals surface area (Å²) in [5.74, 6) is 0.821. The van der Waals surface area contributed by atoms with E-state index in [-0.39, 0.29) is 0 Å². The summed E-state index contributed by atoms with van der Waals surface area (Å²) in [4.78, 5) is 4.17. The number of hydrogen-bond acceptors (Lipinski definition) is 4. The molecule has 0 amide bonds. The molecule has 1 aromatic heterocycles. The van der Waals surface area contributed by atoms with Crippen molar-refractivity contribution in [1.82, 2.24) is 10.3 Å². The molecule has 0 fully saturated rings. The molecular formula is C14H24N2O2. The molecular weight excluding hydrogens is 228 g/mol. The van der Waals surface area contributed by atoms with E-state index in [0.717, 1.165) is 44.2 Å². The lowest BCUT2D eigenvalue weighted by atomic mass is 10.4. The average molecular weight is 252 g/mol. The van der Waals surface area contributed by atoms with Crippen LogP contribution in [0.4, 0.5) is 0 Å². The van der Waals surface area contributed by atoms with Crippen LogP contribution in [0.5, 0.6) is 5.75 Å². The second kappa shape index (κ2) is 9.85. The summed E-state index contributed by atoms with van der Waals surface area (Å²) in [6, 6.07) is 3.89. The van der Waals surface area contributed by atoms with Crippen LogP contribution in [0, 0.1) is 6.92 Å². The Morgan fingerprint density at radius 1 is 1.17 bits per heavy atom. The highest BCUT2D eigenvalue weighted by atomic mass is 16.5. The van der Waals surface area contributed by atoms with E-state index in [1.807, 2.05) is 19.1 Å². The van der Waals surface area contributed by atoms with Crippen molar-refractivity contribution in [2.75, 3.05) is 32.9 Å². The molecule has 0 aliphatic carbocycles. The van der Waals surface area contributed by atoms with Gasteiger partial charge < -0.3 is 14.8 Å². The van der Waals surface area contributed by atoms with Gasteiger partial charge in [0.1, 0.15) is 12.4 Å². The van der Waals surface area contributed by atoms with Gasteiger partial charge >= 0.3 is 0 Å². The van der Waals surface area contributed by atoms with Crippen LogP contribution in [0.2, 0.25) is 0 Å². The molecule has 0 saturated heterocycles. The largest absolute Gasteiger partial charge is 0.491 e. The lowest BCUT2D eigenvalue weighted by Gasteiger charge is -2.07. The molecule has 1 heterocycles. The van der Waals surface area contributed by atoms with Crippen molar-refractivity contribution in [1.29, 1.82) is 0 Å². The fourth-order valence-corrected chi connectivity index (χ4v) is 1.40. The molecule has 1 rings (SSSR count). The Labute approximate surface area is 110 Å². The van der Waals surface area contributed by atoms with Gasteiger partial charge in [-0.05, 0) is 25.5 Å². The molecule has 0 aliphatic rings. The van der Waals surface area contributed by atoms with Gasteiger partial charge in [0.15, 0.2) is 0 Å². The van der Waals surface area contributed by atoms with Crippen LogP contribution >= 0.6 is 0 Å². The summed E-state index contributed by atoms with van der Waals surface area (Å²) < 4.78 is 11.0. The van der Waals surface area contributed by atoms with Crippen molar-refractivity contribution in [2.45, 2.75) is 26.7 Å². The highest BCUT2D eigenvalue weighted by Gasteiger charge is 1.94. The van der Waals surface area contributed by atoms with Crippen LogP contribution in [0.25, 0.3) is 0 Å². The molecule has 4 heteroatoms. The highest BCUT2D eigenvalue weighted by molar-refractivity contribution is 5.18. The van der Waals surface area contributed by atoms with Gasteiger partial charge in [-0.3, -0.25) is 4.98 Å². The number of aryl methyl sites for hydroxylation is 1. The Balaban J connectivity index is 1.91. The van der Waals surface area contributed by atoms with Crippen LogP contribution in [0.1, 0.15) is 25.5 Å². The second-order valence-electron chi connectivity index (χ2n) is 4.20. The predicted octanol–water partition coefficient (Wildman–Crippen LogP) is 2.18. The topological polar surface area (TPSA) is 43.4 Å². The van der Waals surface area contributed by atoms with Crippen molar-refractivity contribution in [2.24, 2.45) is 0 Å². The van der Waals surface area contributed by atoms with Gasteiger partial charge in [-0.25, -0.2) is 0 Å².